The molecule has 4 aromatic carbocycles. The number of hydrogen-bond donors (Lipinski definition) is 0. The smallest absolute Gasteiger partial charge is 0.257 e. The normalized spacial score (nSPS) is 10.6. The summed E-state index contributed by atoms with van der Waals surface area (Å²) in [5, 5.41) is 2.22. The van der Waals surface area contributed by atoms with Gasteiger partial charge >= 0.3 is 0 Å². The van der Waals surface area contributed by atoms with Gasteiger partial charge in [-0.25, -0.2) is 0 Å². The number of amides is 1. The van der Waals surface area contributed by atoms with Gasteiger partial charge in [0.05, 0.1) is 12.7 Å². The molecule has 0 aromatic heterocycles. The number of benzene rings is 4. The lowest BCUT2D eigenvalue weighted by molar-refractivity contribution is 0.0782. The molecule has 0 heterocycles. The van der Waals surface area contributed by atoms with Gasteiger partial charge in [0.25, 0.3) is 5.91 Å². The SMILES string of the molecule is COc1ccc2cc(CN(C)C(=O)c3ccccc3Oc3ccccc3)ccc2c1. The number of carbonyl (C=O) groups excluding carboxylic acids is 1. The van der Waals surface area contributed by atoms with Crippen LogP contribution in [0.2, 0.25) is 0 Å². The maximum absolute atomic E-state index is 13.1. The molecule has 0 N–H and O–H groups in total. The molecular formula is C26H23NO3. The molecule has 0 saturated heterocycles. The van der Waals surface area contributed by atoms with E-state index in [1.165, 1.54) is 0 Å². The second-order valence-corrected chi connectivity index (χ2v) is 7.12. The minimum Gasteiger partial charge on any atom is -0.497 e. The Kier molecular flexibility index (Phi) is 5.66. The Morgan fingerprint density at radius 3 is 2.30 bits per heavy atom. The van der Waals surface area contributed by atoms with Gasteiger partial charge in [-0.05, 0) is 58.8 Å². The molecule has 0 aliphatic rings. The molecule has 4 heteroatoms. The first-order chi connectivity index (χ1) is 14.6. The van der Waals surface area contributed by atoms with Crippen LogP contribution in [0, 0.1) is 0 Å². The van der Waals surface area contributed by atoms with E-state index in [2.05, 4.69) is 12.1 Å². The summed E-state index contributed by atoms with van der Waals surface area (Å²) in [7, 11) is 3.47. The quantitative estimate of drug-likeness (QED) is 0.406. The summed E-state index contributed by atoms with van der Waals surface area (Å²) in [6, 6.07) is 29.0. The Morgan fingerprint density at radius 2 is 1.50 bits per heavy atom. The first-order valence-electron chi connectivity index (χ1n) is 9.78. The number of fused-ring (bicyclic) bond motifs is 1. The van der Waals surface area contributed by atoms with Crippen LogP contribution < -0.4 is 9.47 Å². The lowest BCUT2D eigenvalue weighted by Gasteiger charge is -2.19. The van der Waals surface area contributed by atoms with Gasteiger partial charge in [0.15, 0.2) is 0 Å². The Hall–Kier alpha value is -3.79. The van der Waals surface area contributed by atoms with Crippen LogP contribution in [-0.2, 0) is 6.54 Å². The molecule has 0 aliphatic heterocycles. The zero-order chi connectivity index (χ0) is 20.9. The summed E-state index contributed by atoms with van der Waals surface area (Å²) < 4.78 is 11.2. The van der Waals surface area contributed by atoms with Gasteiger partial charge in [0.2, 0.25) is 0 Å². The van der Waals surface area contributed by atoms with E-state index in [1.54, 1.807) is 25.1 Å². The van der Waals surface area contributed by atoms with Crippen LogP contribution in [0.15, 0.2) is 91.0 Å². The molecule has 4 rings (SSSR count). The van der Waals surface area contributed by atoms with Crippen molar-refractivity contribution in [3.63, 3.8) is 0 Å². The second kappa shape index (κ2) is 8.70. The third-order valence-electron chi connectivity index (χ3n) is 4.97. The van der Waals surface area contributed by atoms with E-state index in [0.29, 0.717) is 23.6 Å². The van der Waals surface area contributed by atoms with Gasteiger partial charge in [-0.1, -0.05) is 48.5 Å². The van der Waals surface area contributed by atoms with E-state index in [1.807, 2.05) is 72.8 Å². The number of ether oxygens (including phenoxy) is 2. The van der Waals surface area contributed by atoms with E-state index in [0.717, 1.165) is 22.1 Å². The van der Waals surface area contributed by atoms with Crippen molar-refractivity contribution in [1.82, 2.24) is 4.90 Å². The Labute approximate surface area is 176 Å². The van der Waals surface area contributed by atoms with Gasteiger partial charge in [0, 0.05) is 13.6 Å². The van der Waals surface area contributed by atoms with Gasteiger partial charge in [0.1, 0.15) is 17.2 Å². The van der Waals surface area contributed by atoms with E-state index >= 15 is 0 Å². The molecule has 0 unspecified atom stereocenters. The van der Waals surface area contributed by atoms with E-state index in [-0.39, 0.29) is 5.91 Å². The number of methoxy groups -OCH3 is 1. The van der Waals surface area contributed by atoms with Crippen LogP contribution >= 0.6 is 0 Å². The highest BCUT2D eigenvalue weighted by Gasteiger charge is 2.17. The van der Waals surface area contributed by atoms with Crippen molar-refractivity contribution in [1.29, 1.82) is 0 Å². The molecule has 0 saturated carbocycles. The minimum absolute atomic E-state index is 0.0867. The molecule has 0 bridgehead atoms. The van der Waals surface area contributed by atoms with Crippen molar-refractivity contribution < 1.29 is 14.3 Å². The first-order valence-corrected chi connectivity index (χ1v) is 9.78. The molecule has 0 spiro atoms. The number of carbonyl (C=O) groups is 1. The molecule has 0 radical (unpaired) electrons. The lowest BCUT2D eigenvalue weighted by atomic mass is 10.1. The summed E-state index contributed by atoms with van der Waals surface area (Å²) in [5.41, 5.74) is 1.60. The monoisotopic (exact) mass is 397 g/mol. The van der Waals surface area contributed by atoms with Crippen molar-refractivity contribution in [3.05, 3.63) is 102 Å². The van der Waals surface area contributed by atoms with Crippen molar-refractivity contribution in [2.75, 3.05) is 14.2 Å². The molecule has 1 amide bonds. The van der Waals surface area contributed by atoms with E-state index in [4.69, 9.17) is 9.47 Å². The first kappa shape index (κ1) is 19.5. The van der Waals surface area contributed by atoms with Gasteiger partial charge in [-0.3, -0.25) is 4.79 Å². The van der Waals surface area contributed by atoms with Crippen molar-refractivity contribution in [2.24, 2.45) is 0 Å². The average molecular weight is 397 g/mol. The molecule has 4 aromatic rings. The molecule has 0 aliphatic carbocycles. The maximum Gasteiger partial charge on any atom is 0.257 e. The number of nitrogens with zero attached hydrogens (tertiary/aromatic N) is 1. The van der Waals surface area contributed by atoms with Crippen LogP contribution in [0.4, 0.5) is 0 Å². The zero-order valence-electron chi connectivity index (χ0n) is 17.0. The largest absolute Gasteiger partial charge is 0.497 e. The third kappa shape index (κ3) is 4.28. The highest BCUT2D eigenvalue weighted by molar-refractivity contribution is 5.97. The third-order valence-corrected chi connectivity index (χ3v) is 4.97. The topological polar surface area (TPSA) is 38.8 Å². The van der Waals surface area contributed by atoms with Crippen LogP contribution in [0.25, 0.3) is 10.8 Å². The molecule has 30 heavy (non-hydrogen) atoms. The van der Waals surface area contributed by atoms with Gasteiger partial charge in [-0.15, -0.1) is 0 Å². The van der Waals surface area contributed by atoms with Crippen LogP contribution in [0.3, 0.4) is 0 Å². The van der Waals surface area contributed by atoms with Gasteiger partial charge in [-0.2, -0.15) is 0 Å². The fourth-order valence-electron chi connectivity index (χ4n) is 3.40. The predicted octanol–water partition coefficient (Wildman–Crippen LogP) is 5.91. The molecule has 0 atom stereocenters. The summed E-state index contributed by atoms with van der Waals surface area (Å²) in [6.45, 7) is 0.500. The fourth-order valence-corrected chi connectivity index (χ4v) is 3.40. The molecular weight excluding hydrogens is 374 g/mol. The average Bonchev–Trinajstić information content (AvgIpc) is 2.79. The summed E-state index contributed by atoms with van der Waals surface area (Å²) >= 11 is 0. The van der Waals surface area contributed by atoms with Gasteiger partial charge < -0.3 is 14.4 Å². The van der Waals surface area contributed by atoms with Crippen molar-refractivity contribution in [3.8, 4) is 17.2 Å². The summed E-state index contributed by atoms with van der Waals surface area (Å²) in [4.78, 5) is 14.8. The fraction of sp³-hybridized carbons (Fsp3) is 0.115. The Morgan fingerprint density at radius 1 is 0.800 bits per heavy atom. The van der Waals surface area contributed by atoms with Crippen molar-refractivity contribution >= 4 is 16.7 Å². The number of para-hydroxylation sites is 2. The maximum atomic E-state index is 13.1. The van der Waals surface area contributed by atoms with Crippen molar-refractivity contribution in [2.45, 2.75) is 6.54 Å². The van der Waals surface area contributed by atoms with Crippen LogP contribution in [0.5, 0.6) is 17.2 Å². The Bertz CT molecular complexity index is 1170. The van der Waals surface area contributed by atoms with Crippen LogP contribution in [-0.4, -0.2) is 25.0 Å². The summed E-state index contributed by atoms with van der Waals surface area (Å²) in [6.07, 6.45) is 0. The molecule has 0 fully saturated rings. The minimum atomic E-state index is -0.0867. The standard InChI is InChI=1S/C26H23NO3/c1-27(18-19-12-13-21-17-23(29-2)15-14-20(21)16-19)26(28)24-10-6-7-11-25(24)30-22-8-4-3-5-9-22/h3-17H,18H2,1-2H3. The highest BCUT2D eigenvalue weighted by Crippen LogP contribution is 2.27. The van der Waals surface area contributed by atoms with E-state index in [9.17, 15) is 4.79 Å². The van der Waals surface area contributed by atoms with E-state index < -0.39 is 0 Å². The predicted molar refractivity (Wildman–Crippen MR) is 119 cm³/mol. The van der Waals surface area contributed by atoms with Crippen LogP contribution in [0.1, 0.15) is 15.9 Å². The summed E-state index contributed by atoms with van der Waals surface area (Å²) in [5.74, 6) is 1.99. The lowest BCUT2D eigenvalue weighted by Crippen LogP contribution is -2.26. The Balaban J connectivity index is 1.53. The zero-order valence-corrected chi connectivity index (χ0v) is 17.0. The number of hydrogen-bond acceptors (Lipinski definition) is 3. The highest BCUT2D eigenvalue weighted by atomic mass is 16.5. The second-order valence-electron chi connectivity index (χ2n) is 7.12. The molecule has 4 nitrogen and oxygen atoms in total. The number of rotatable bonds is 6. The molecule has 150 valence electrons.